The van der Waals surface area contributed by atoms with Crippen LogP contribution in [0.4, 0.5) is 0 Å². The van der Waals surface area contributed by atoms with E-state index < -0.39 is 0 Å². The first kappa shape index (κ1) is 32.5. The number of nitrogens with zero attached hydrogens (tertiary/aromatic N) is 5. The smallest absolute Gasteiger partial charge is 0.164 e. The molecule has 7 heteroatoms. The van der Waals surface area contributed by atoms with Gasteiger partial charge in [-0.05, 0) is 35.4 Å². The third-order valence-electron chi connectivity index (χ3n) is 10.2. The lowest BCUT2D eigenvalue weighted by Crippen LogP contribution is -2.00. The van der Waals surface area contributed by atoms with Crippen LogP contribution in [0, 0.1) is 0 Å². The monoisotopic (exact) mass is 751 g/mol. The fourth-order valence-electron chi connectivity index (χ4n) is 7.43. The van der Waals surface area contributed by atoms with Crippen molar-refractivity contribution >= 4 is 63.1 Å². The quantitative estimate of drug-likeness (QED) is 0.169. The zero-order chi connectivity index (χ0) is 37.0. The molecule has 262 valence electrons. The molecule has 0 aliphatic carbocycles. The highest BCUT2D eigenvalue weighted by Gasteiger charge is 2.19. The molecule has 0 N–H and O–H groups in total. The van der Waals surface area contributed by atoms with Crippen LogP contribution >= 0.6 is 22.7 Å². The van der Waals surface area contributed by atoms with E-state index in [1.807, 2.05) is 66.7 Å². The topological polar surface area (TPSA) is 64.5 Å². The predicted molar refractivity (Wildman–Crippen MR) is 234 cm³/mol. The van der Waals surface area contributed by atoms with E-state index in [0.29, 0.717) is 17.5 Å². The lowest BCUT2D eigenvalue weighted by molar-refractivity contribution is 1.07. The van der Waals surface area contributed by atoms with Crippen molar-refractivity contribution in [3.8, 4) is 67.9 Å². The van der Waals surface area contributed by atoms with Crippen LogP contribution in [-0.4, -0.2) is 24.9 Å². The normalized spacial score (nSPS) is 11.6. The van der Waals surface area contributed by atoms with Gasteiger partial charge in [0, 0.05) is 58.1 Å². The minimum atomic E-state index is 0.636. The Morgan fingerprint density at radius 1 is 0.304 bits per heavy atom. The van der Waals surface area contributed by atoms with E-state index in [9.17, 15) is 0 Å². The van der Waals surface area contributed by atoms with Gasteiger partial charge in [-0.25, -0.2) is 24.9 Å². The molecule has 0 spiro atoms. The van der Waals surface area contributed by atoms with Crippen LogP contribution in [-0.2, 0) is 0 Å². The first-order chi connectivity index (χ1) is 27.7. The van der Waals surface area contributed by atoms with E-state index in [0.717, 1.165) is 66.1 Å². The Morgan fingerprint density at radius 2 is 0.857 bits per heavy atom. The van der Waals surface area contributed by atoms with Gasteiger partial charge in [0.15, 0.2) is 23.3 Å². The number of benzene rings is 7. The average Bonchev–Trinajstić information content (AvgIpc) is 3.85. The standard InChI is InChI=1S/C49H29N5S2/c1-4-14-30(15-5-1)42-45-43(38-22-10-11-25-40(38)55-45)51-49(50-42)39-24-13-23-37-36-27-26-34(29-41(36)56-44(37)39)33-20-12-21-35(28-33)48-53-46(31-16-6-2-7-17-31)52-47(54-48)32-18-8-3-9-19-32/h1-29H. The second-order valence-corrected chi connectivity index (χ2v) is 15.8. The third-order valence-corrected chi connectivity index (χ3v) is 12.5. The Bertz CT molecular complexity index is 3190. The molecule has 0 aliphatic rings. The highest BCUT2D eigenvalue weighted by atomic mass is 32.1. The van der Waals surface area contributed by atoms with Gasteiger partial charge in [0.25, 0.3) is 0 Å². The van der Waals surface area contributed by atoms with Gasteiger partial charge in [-0.1, -0.05) is 152 Å². The van der Waals surface area contributed by atoms with E-state index in [4.69, 9.17) is 24.9 Å². The molecule has 11 aromatic rings. The molecule has 0 amide bonds. The largest absolute Gasteiger partial charge is 0.226 e. The highest BCUT2D eigenvalue weighted by Crippen LogP contribution is 2.44. The Labute approximate surface area is 330 Å². The number of hydrogen-bond acceptors (Lipinski definition) is 7. The van der Waals surface area contributed by atoms with Crippen LogP contribution in [0.25, 0.3) is 108 Å². The predicted octanol–water partition coefficient (Wildman–Crippen LogP) is 13.4. The summed E-state index contributed by atoms with van der Waals surface area (Å²) in [5.41, 5.74) is 9.15. The molecule has 0 unspecified atom stereocenters. The summed E-state index contributed by atoms with van der Waals surface area (Å²) < 4.78 is 4.71. The Morgan fingerprint density at radius 3 is 1.59 bits per heavy atom. The number of aromatic nitrogens is 5. The van der Waals surface area contributed by atoms with Crippen molar-refractivity contribution in [2.75, 3.05) is 0 Å². The molecule has 0 fully saturated rings. The summed E-state index contributed by atoms with van der Waals surface area (Å²) in [6, 6.07) is 60.9. The van der Waals surface area contributed by atoms with E-state index in [2.05, 4.69) is 109 Å². The molecule has 0 saturated heterocycles. The van der Waals surface area contributed by atoms with E-state index in [-0.39, 0.29) is 0 Å². The van der Waals surface area contributed by atoms with Gasteiger partial charge < -0.3 is 0 Å². The SMILES string of the molecule is c1ccc(-c2nc(-c3ccccc3)nc(-c3cccc(-c4ccc5c(c4)sc4c(-c6nc(-c7ccccc7)c7sc8ccccc8c7n6)cccc45)c3)n2)cc1. The summed E-state index contributed by atoms with van der Waals surface area (Å²) in [5.74, 6) is 2.67. The second kappa shape index (κ2) is 13.4. The van der Waals surface area contributed by atoms with Crippen molar-refractivity contribution in [1.82, 2.24) is 24.9 Å². The lowest BCUT2D eigenvalue weighted by Gasteiger charge is -2.09. The van der Waals surface area contributed by atoms with Crippen LogP contribution in [0.3, 0.4) is 0 Å². The van der Waals surface area contributed by atoms with Crippen molar-refractivity contribution < 1.29 is 0 Å². The van der Waals surface area contributed by atoms with Crippen LogP contribution < -0.4 is 0 Å². The molecule has 5 nitrogen and oxygen atoms in total. The summed E-state index contributed by atoms with van der Waals surface area (Å²) in [7, 11) is 0. The van der Waals surface area contributed by atoms with E-state index in [1.165, 1.54) is 24.9 Å². The first-order valence-corrected chi connectivity index (χ1v) is 20.0. The van der Waals surface area contributed by atoms with Gasteiger partial charge in [0.05, 0.1) is 15.9 Å². The molecule has 7 aromatic carbocycles. The van der Waals surface area contributed by atoms with E-state index >= 15 is 0 Å². The van der Waals surface area contributed by atoms with Gasteiger partial charge in [-0.15, -0.1) is 22.7 Å². The van der Waals surface area contributed by atoms with Crippen LogP contribution in [0.15, 0.2) is 176 Å². The molecular formula is C49H29N5S2. The zero-order valence-electron chi connectivity index (χ0n) is 29.8. The molecular weight excluding hydrogens is 723 g/mol. The fourth-order valence-corrected chi connectivity index (χ4v) is 9.84. The second-order valence-electron chi connectivity index (χ2n) is 13.7. The Kier molecular flexibility index (Phi) is 7.79. The maximum absolute atomic E-state index is 5.30. The fraction of sp³-hybridized carbons (Fsp3) is 0. The van der Waals surface area contributed by atoms with Gasteiger partial charge in [0.2, 0.25) is 0 Å². The lowest BCUT2D eigenvalue weighted by atomic mass is 10.0. The van der Waals surface area contributed by atoms with Gasteiger partial charge in [0.1, 0.15) is 0 Å². The molecule has 0 radical (unpaired) electrons. The Hall–Kier alpha value is -6.93. The minimum Gasteiger partial charge on any atom is -0.226 e. The van der Waals surface area contributed by atoms with Crippen molar-refractivity contribution in [3.63, 3.8) is 0 Å². The molecule has 0 saturated carbocycles. The van der Waals surface area contributed by atoms with Crippen molar-refractivity contribution in [1.29, 1.82) is 0 Å². The third kappa shape index (κ3) is 5.64. The molecule has 56 heavy (non-hydrogen) atoms. The van der Waals surface area contributed by atoms with Crippen LogP contribution in [0.5, 0.6) is 0 Å². The van der Waals surface area contributed by atoms with Crippen molar-refractivity contribution in [2.45, 2.75) is 0 Å². The summed E-state index contributed by atoms with van der Waals surface area (Å²) in [6.07, 6.45) is 0. The average molecular weight is 752 g/mol. The maximum Gasteiger partial charge on any atom is 0.164 e. The highest BCUT2D eigenvalue weighted by molar-refractivity contribution is 7.26. The van der Waals surface area contributed by atoms with E-state index in [1.54, 1.807) is 22.7 Å². The number of rotatable bonds is 6. The number of hydrogen-bond donors (Lipinski definition) is 0. The minimum absolute atomic E-state index is 0.636. The zero-order valence-corrected chi connectivity index (χ0v) is 31.4. The van der Waals surface area contributed by atoms with Gasteiger partial charge in [-0.2, -0.15) is 0 Å². The first-order valence-electron chi connectivity index (χ1n) is 18.4. The summed E-state index contributed by atoms with van der Waals surface area (Å²) in [6.45, 7) is 0. The molecule has 4 aromatic heterocycles. The molecule has 0 aliphatic heterocycles. The van der Waals surface area contributed by atoms with Crippen molar-refractivity contribution in [2.24, 2.45) is 0 Å². The van der Waals surface area contributed by atoms with Crippen molar-refractivity contribution in [3.05, 3.63) is 176 Å². The van der Waals surface area contributed by atoms with Crippen LogP contribution in [0.1, 0.15) is 0 Å². The summed E-state index contributed by atoms with van der Waals surface area (Å²) in [5, 5.41) is 3.58. The molecule has 0 atom stereocenters. The maximum atomic E-state index is 5.30. The number of thiophene rings is 2. The Balaban J connectivity index is 1.03. The summed E-state index contributed by atoms with van der Waals surface area (Å²) in [4.78, 5) is 25.4. The molecule has 4 heterocycles. The molecule has 0 bridgehead atoms. The number of fused-ring (bicyclic) bond motifs is 6. The summed E-state index contributed by atoms with van der Waals surface area (Å²) >= 11 is 3.55. The van der Waals surface area contributed by atoms with Gasteiger partial charge >= 0.3 is 0 Å². The molecule has 11 rings (SSSR count). The van der Waals surface area contributed by atoms with Gasteiger partial charge in [-0.3, -0.25) is 0 Å². The van der Waals surface area contributed by atoms with Crippen LogP contribution in [0.2, 0.25) is 0 Å².